The van der Waals surface area contributed by atoms with E-state index >= 15 is 0 Å². The van der Waals surface area contributed by atoms with Crippen LogP contribution in [-0.2, 0) is 24.2 Å². The van der Waals surface area contributed by atoms with Crippen LogP contribution in [0, 0.1) is 6.92 Å². The predicted octanol–water partition coefficient (Wildman–Crippen LogP) is 1.89. The number of nitrogens with zero attached hydrogens (tertiary/aromatic N) is 3. The fraction of sp³-hybridized carbons (Fsp3) is 0.412. The number of methoxy groups -OCH3 is 1. The van der Waals surface area contributed by atoms with Crippen molar-refractivity contribution in [2.75, 3.05) is 13.7 Å². The molecule has 9 heteroatoms. The minimum Gasteiger partial charge on any atom is -0.442 e. The SMILES string of the molecule is CCc1nc(CNC(=O)c2c(C)oc3ncn(CCOC)c(=O)c23)cs1. The van der Waals surface area contributed by atoms with E-state index in [1.165, 1.54) is 10.9 Å². The first-order chi connectivity index (χ1) is 12.5. The maximum Gasteiger partial charge on any atom is 0.265 e. The van der Waals surface area contributed by atoms with Gasteiger partial charge in [-0.3, -0.25) is 14.2 Å². The number of furan rings is 1. The second-order valence-electron chi connectivity index (χ2n) is 5.72. The molecule has 0 radical (unpaired) electrons. The van der Waals surface area contributed by atoms with Gasteiger partial charge in [0.05, 0.1) is 36.0 Å². The summed E-state index contributed by atoms with van der Waals surface area (Å²) < 4.78 is 11.9. The van der Waals surface area contributed by atoms with Crippen LogP contribution in [0.4, 0.5) is 0 Å². The van der Waals surface area contributed by atoms with Gasteiger partial charge < -0.3 is 14.5 Å². The number of rotatable bonds is 7. The van der Waals surface area contributed by atoms with E-state index in [1.54, 1.807) is 25.4 Å². The molecule has 0 unspecified atom stereocenters. The van der Waals surface area contributed by atoms with Crippen molar-refractivity contribution in [2.45, 2.75) is 33.4 Å². The van der Waals surface area contributed by atoms with Gasteiger partial charge in [0.2, 0.25) is 5.71 Å². The molecular weight excluding hydrogens is 356 g/mol. The number of carbonyl (C=O) groups is 1. The Bertz CT molecular complexity index is 988. The van der Waals surface area contributed by atoms with E-state index < -0.39 is 0 Å². The fourth-order valence-corrected chi connectivity index (χ4v) is 3.36. The van der Waals surface area contributed by atoms with E-state index in [0.717, 1.165) is 17.1 Å². The van der Waals surface area contributed by atoms with Crippen molar-refractivity contribution >= 4 is 28.3 Å². The van der Waals surface area contributed by atoms with E-state index in [2.05, 4.69) is 15.3 Å². The lowest BCUT2D eigenvalue weighted by Crippen LogP contribution is -2.27. The molecule has 0 aliphatic heterocycles. The highest BCUT2D eigenvalue weighted by atomic mass is 32.1. The second-order valence-corrected chi connectivity index (χ2v) is 6.66. The molecule has 0 aliphatic rings. The number of fused-ring (bicyclic) bond motifs is 1. The molecular formula is C17H20N4O4S. The van der Waals surface area contributed by atoms with Crippen LogP contribution in [0.5, 0.6) is 0 Å². The van der Waals surface area contributed by atoms with Gasteiger partial charge in [0.25, 0.3) is 11.5 Å². The Morgan fingerprint density at radius 2 is 2.27 bits per heavy atom. The van der Waals surface area contributed by atoms with Gasteiger partial charge in [-0.25, -0.2) is 9.97 Å². The molecule has 1 N–H and O–H groups in total. The molecule has 3 aromatic heterocycles. The second kappa shape index (κ2) is 7.79. The summed E-state index contributed by atoms with van der Waals surface area (Å²) in [5.74, 6) is -0.0187. The first-order valence-corrected chi connectivity index (χ1v) is 9.12. The largest absolute Gasteiger partial charge is 0.442 e. The standard InChI is InChI=1S/C17H20N4O4S/c1-4-12-20-11(8-26-12)7-18-15(22)13-10(2)25-16-14(13)17(23)21(9-19-16)5-6-24-3/h8-9H,4-7H2,1-3H3,(H,18,22). The van der Waals surface area contributed by atoms with Crippen LogP contribution in [0.2, 0.25) is 0 Å². The summed E-state index contributed by atoms with van der Waals surface area (Å²) in [5.41, 5.74) is 0.848. The summed E-state index contributed by atoms with van der Waals surface area (Å²) in [7, 11) is 1.56. The third-order valence-electron chi connectivity index (χ3n) is 3.95. The number of hydrogen-bond donors (Lipinski definition) is 1. The first kappa shape index (κ1) is 18.3. The Kier molecular flexibility index (Phi) is 5.48. The lowest BCUT2D eigenvalue weighted by Gasteiger charge is -2.05. The summed E-state index contributed by atoms with van der Waals surface area (Å²) in [5, 5.41) is 5.93. The van der Waals surface area contributed by atoms with Crippen LogP contribution < -0.4 is 10.9 Å². The van der Waals surface area contributed by atoms with Crippen LogP contribution >= 0.6 is 11.3 Å². The van der Waals surface area contributed by atoms with Crippen molar-refractivity contribution in [1.29, 1.82) is 0 Å². The molecule has 3 rings (SSSR count). The molecule has 0 bridgehead atoms. The molecule has 26 heavy (non-hydrogen) atoms. The smallest absolute Gasteiger partial charge is 0.265 e. The minimum atomic E-state index is -0.379. The van der Waals surface area contributed by atoms with Gasteiger partial charge in [0.1, 0.15) is 17.5 Å². The number of aryl methyl sites for hydroxylation is 2. The normalized spacial score (nSPS) is 11.2. The van der Waals surface area contributed by atoms with Gasteiger partial charge in [-0.1, -0.05) is 6.92 Å². The molecule has 0 spiro atoms. The summed E-state index contributed by atoms with van der Waals surface area (Å²) in [6.07, 6.45) is 2.26. The molecule has 0 saturated carbocycles. The molecule has 138 valence electrons. The van der Waals surface area contributed by atoms with E-state index in [9.17, 15) is 9.59 Å². The molecule has 0 aliphatic carbocycles. The third kappa shape index (κ3) is 3.54. The van der Waals surface area contributed by atoms with Crippen LogP contribution in [0.15, 0.2) is 20.9 Å². The number of amides is 1. The topological polar surface area (TPSA) is 99.3 Å². The van der Waals surface area contributed by atoms with Gasteiger partial charge in [0, 0.05) is 12.5 Å². The number of thiazole rings is 1. The van der Waals surface area contributed by atoms with Gasteiger partial charge >= 0.3 is 0 Å². The summed E-state index contributed by atoms with van der Waals surface area (Å²) >= 11 is 1.56. The monoisotopic (exact) mass is 376 g/mol. The zero-order valence-electron chi connectivity index (χ0n) is 14.9. The molecule has 3 aromatic rings. The zero-order valence-corrected chi connectivity index (χ0v) is 15.7. The van der Waals surface area contributed by atoms with Crippen LogP contribution in [-0.4, -0.2) is 34.2 Å². The summed E-state index contributed by atoms with van der Waals surface area (Å²) in [6.45, 7) is 4.69. The highest BCUT2D eigenvalue weighted by molar-refractivity contribution is 7.09. The Balaban J connectivity index is 1.89. The van der Waals surface area contributed by atoms with Crippen LogP contribution in [0.25, 0.3) is 11.1 Å². The Morgan fingerprint density at radius 1 is 1.46 bits per heavy atom. The van der Waals surface area contributed by atoms with E-state index in [1.807, 2.05) is 12.3 Å². The summed E-state index contributed by atoms with van der Waals surface area (Å²) in [4.78, 5) is 33.9. The maximum absolute atomic E-state index is 12.7. The van der Waals surface area contributed by atoms with Gasteiger partial charge in [0.15, 0.2) is 0 Å². The third-order valence-corrected chi connectivity index (χ3v) is 4.99. The summed E-state index contributed by atoms with van der Waals surface area (Å²) in [6, 6.07) is 0. The highest BCUT2D eigenvalue weighted by Crippen LogP contribution is 2.21. The number of ether oxygens (including phenoxy) is 1. The van der Waals surface area contributed by atoms with Gasteiger partial charge in [-0.05, 0) is 13.3 Å². The minimum absolute atomic E-state index is 0.160. The number of hydrogen-bond acceptors (Lipinski definition) is 7. The van der Waals surface area contributed by atoms with Crippen molar-refractivity contribution in [3.8, 4) is 0 Å². The molecule has 1 amide bonds. The van der Waals surface area contributed by atoms with E-state index in [4.69, 9.17) is 9.15 Å². The molecule has 0 atom stereocenters. The molecule has 0 saturated heterocycles. The van der Waals surface area contributed by atoms with Crippen molar-refractivity contribution in [1.82, 2.24) is 19.9 Å². The average molecular weight is 376 g/mol. The van der Waals surface area contributed by atoms with E-state index in [-0.39, 0.29) is 28.1 Å². The number of nitrogens with one attached hydrogen (secondary N) is 1. The maximum atomic E-state index is 12.7. The number of carbonyl (C=O) groups excluding carboxylic acids is 1. The lowest BCUT2D eigenvalue weighted by atomic mass is 10.1. The fourth-order valence-electron chi connectivity index (χ4n) is 2.61. The van der Waals surface area contributed by atoms with Gasteiger partial charge in [-0.2, -0.15) is 0 Å². The van der Waals surface area contributed by atoms with Crippen molar-refractivity contribution in [3.63, 3.8) is 0 Å². The molecule has 0 aromatic carbocycles. The Hall–Kier alpha value is -2.52. The average Bonchev–Trinajstić information content (AvgIpc) is 3.23. The Morgan fingerprint density at radius 3 is 2.96 bits per heavy atom. The zero-order chi connectivity index (χ0) is 18.7. The van der Waals surface area contributed by atoms with Crippen LogP contribution in [0.3, 0.4) is 0 Å². The molecule has 8 nitrogen and oxygen atoms in total. The van der Waals surface area contributed by atoms with Gasteiger partial charge in [-0.15, -0.1) is 11.3 Å². The highest BCUT2D eigenvalue weighted by Gasteiger charge is 2.22. The molecule has 0 fully saturated rings. The first-order valence-electron chi connectivity index (χ1n) is 8.24. The predicted molar refractivity (Wildman–Crippen MR) is 97.5 cm³/mol. The Labute approximate surface area is 153 Å². The van der Waals surface area contributed by atoms with Crippen molar-refractivity contribution < 1.29 is 13.9 Å². The molecule has 3 heterocycles. The van der Waals surface area contributed by atoms with Crippen molar-refractivity contribution in [2.24, 2.45) is 0 Å². The van der Waals surface area contributed by atoms with Crippen molar-refractivity contribution in [3.05, 3.63) is 44.1 Å². The van der Waals surface area contributed by atoms with E-state index in [0.29, 0.717) is 25.5 Å². The number of aromatic nitrogens is 3. The lowest BCUT2D eigenvalue weighted by molar-refractivity contribution is 0.0950. The van der Waals surface area contributed by atoms with Crippen LogP contribution in [0.1, 0.15) is 33.7 Å². The quantitative estimate of drug-likeness (QED) is 0.676.